The molecule has 2 rings (SSSR count). The molecule has 1 N–H and O–H groups in total. The second-order valence-corrected chi connectivity index (χ2v) is 5.10. The van der Waals surface area contributed by atoms with Crippen LogP contribution in [0, 0.1) is 11.3 Å². The lowest BCUT2D eigenvalue weighted by Crippen LogP contribution is -2.21. The second kappa shape index (κ2) is 7.43. The van der Waals surface area contributed by atoms with Gasteiger partial charge in [0.1, 0.15) is 5.75 Å². The molecule has 0 heterocycles. The van der Waals surface area contributed by atoms with Crippen molar-refractivity contribution in [1.82, 2.24) is 0 Å². The van der Waals surface area contributed by atoms with E-state index in [1.165, 1.54) is 19.1 Å². The van der Waals surface area contributed by atoms with Crippen LogP contribution in [-0.2, 0) is 4.79 Å². The van der Waals surface area contributed by atoms with Crippen molar-refractivity contribution < 1.29 is 14.3 Å². The summed E-state index contributed by atoms with van der Waals surface area (Å²) >= 11 is 5.97. The van der Waals surface area contributed by atoms with E-state index in [9.17, 15) is 9.59 Å². The van der Waals surface area contributed by atoms with Gasteiger partial charge in [0.25, 0.3) is 5.91 Å². The molecule has 6 heteroatoms. The number of nitriles is 1. The molecular formula is C17H13ClN2O3. The summed E-state index contributed by atoms with van der Waals surface area (Å²) in [5.74, 6) is -0.253. The standard InChI is InChI=1S/C17H13ClN2O3/c1-11(21)13-4-2-3-5-15(13)20-17(22)10-23-16-7-6-12(9-19)8-14(16)18/h2-8H,10H2,1H3,(H,20,22). The van der Waals surface area contributed by atoms with Crippen LogP contribution in [0.1, 0.15) is 22.8 Å². The molecule has 0 unspecified atom stereocenters. The first kappa shape index (κ1) is 16.5. The number of carbonyl (C=O) groups is 2. The number of rotatable bonds is 5. The third-order valence-corrected chi connectivity index (χ3v) is 3.30. The highest BCUT2D eigenvalue weighted by molar-refractivity contribution is 6.32. The largest absolute Gasteiger partial charge is 0.482 e. The number of hydrogen-bond acceptors (Lipinski definition) is 4. The number of ether oxygens (including phenoxy) is 1. The Kier molecular flexibility index (Phi) is 5.34. The summed E-state index contributed by atoms with van der Waals surface area (Å²) in [5, 5.41) is 11.6. The van der Waals surface area contributed by atoms with Crippen molar-refractivity contribution in [3.05, 3.63) is 58.6 Å². The normalized spacial score (nSPS) is 9.78. The van der Waals surface area contributed by atoms with Crippen LogP contribution in [0.3, 0.4) is 0 Å². The molecule has 0 fully saturated rings. The summed E-state index contributed by atoms with van der Waals surface area (Å²) in [7, 11) is 0. The number of anilines is 1. The highest BCUT2D eigenvalue weighted by Gasteiger charge is 2.11. The molecule has 5 nitrogen and oxygen atoms in total. The van der Waals surface area contributed by atoms with E-state index in [2.05, 4.69) is 5.32 Å². The Balaban J connectivity index is 2.01. The van der Waals surface area contributed by atoms with Gasteiger partial charge in [-0.2, -0.15) is 5.26 Å². The van der Waals surface area contributed by atoms with E-state index >= 15 is 0 Å². The number of Topliss-reactive ketones (excluding diaryl/α,β-unsaturated/α-hetero) is 1. The Morgan fingerprint density at radius 3 is 2.65 bits per heavy atom. The van der Waals surface area contributed by atoms with Crippen molar-refractivity contribution >= 4 is 29.0 Å². The predicted molar refractivity (Wildman–Crippen MR) is 86.7 cm³/mol. The first-order chi connectivity index (χ1) is 11.0. The highest BCUT2D eigenvalue weighted by atomic mass is 35.5. The number of hydrogen-bond donors (Lipinski definition) is 1. The van der Waals surface area contributed by atoms with Crippen molar-refractivity contribution in [2.45, 2.75) is 6.92 Å². The van der Waals surface area contributed by atoms with Gasteiger partial charge in [0.2, 0.25) is 0 Å². The summed E-state index contributed by atoms with van der Waals surface area (Å²) in [6, 6.07) is 13.2. The highest BCUT2D eigenvalue weighted by Crippen LogP contribution is 2.25. The fraction of sp³-hybridized carbons (Fsp3) is 0.118. The van der Waals surface area contributed by atoms with Gasteiger partial charge in [0, 0.05) is 5.56 Å². The molecule has 1 amide bonds. The van der Waals surface area contributed by atoms with Crippen LogP contribution in [0.15, 0.2) is 42.5 Å². The van der Waals surface area contributed by atoms with E-state index < -0.39 is 5.91 Å². The first-order valence-electron chi connectivity index (χ1n) is 6.73. The average molecular weight is 329 g/mol. The molecule has 23 heavy (non-hydrogen) atoms. The Morgan fingerprint density at radius 1 is 1.26 bits per heavy atom. The van der Waals surface area contributed by atoms with E-state index in [1.807, 2.05) is 6.07 Å². The van der Waals surface area contributed by atoms with Gasteiger partial charge in [0.15, 0.2) is 12.4 Å². The summed E-state index contributed by atoms with van der Waals surface area (Å²) in [6.07, 6.45) is 0. The molecule has 2 aromatic rings. The van der Waals surface area contributed by atoms with E-state index in [1.54, 1.807) is 30.3 Å². The number of amides is 1. The number of carbonyl (C=O) groups excluding carboxylic acids is 2. The maximum absolute atomic E-state index is 12.0. The number of para-hydroxylation sites is 1. The number of halogens is 1. The maximum atomic E-state index is 12.0. The zero-order valence-corrected chi connectivity index (χ0v) is 13.1. The van der Waals surface area contributed by atoms with E-state index in [4.69, 9.17) is 21.6 Å². The van der Waals surface area contributed by atoms with Gasteiger partial charge in [-0.1, -0.05) is 23.7 Å². The molecule has 0 aromatic heterocycles. The summed E-state index contributed by atoms with van der Waals surface area (Å²) in [5.41, 5.74) is 1.26. The van der Waals surface area contributed by atoms with Crippen molar-refractivity contribution in [1.29, 1.82) is 5.26 Å². The smallest absolute Gasteiger partial charge is 0.262 e. The summed E-state index contributed by atoms with van der Waals surface area (Å²) < 4.78 is 5.33. The Bertz CT molecular complexity index is 797. The predicted octanol–water partition coefficient (Wildman–Crippen LogP) is 3.43. The Labute approximate surface area is 138 Å². The molecule has 0 saturated carbocycles. The lowest BCUT2D eigenvalue weighted by molar-refractivity contribution is -0.118. The topological polar surface area (TPSA) is 79.2 Å². The van der Waals surface area contributed by atoms with E-state index in [0.29, 0.717) is 22.6 Å². The second-order valence-electron chi connectivity index (χ2n) is 4.70. The van der Waals surface area contributed by atoms with Crippen LogP contribution in [0.4, 0.5) is 5.69 Å². The zero-order valence-electron chi connectivity index (χ0n) is 12.3. The first-order valence-corrected chi connectivity index (χ1v) is 7.11. The van der Waals surface area contributed by atoms with Gasteiger partial charge in [-0.25, -0.2) is 0 Å². The number of nitrogens with zero attached hydrogens (tertiary/aromatic N) is 1. The molecule has 0 saturated heterocycles. The van der Waals surface area contributed by atoms with E-state index in [0.717, 1.165) is 0 Å². The third kappa shape index (κ3) is 4.31. The maximum Gasteiger partial charge on any atom is 0.262 e. The lowest BCUT2D eigenvalue weighted by atomic mass is 10.1. The van der Waals surface area contributed by atoms with Crippen LogP contribution in [-0.4, -0.2) is 18.3 Å². The third-order valence-electron chi connectivity index (χ3n) is 3.00. The van der Waals surface area contributed by atoms with Crippen LogP contribution in [0.2, 0.25) is 5.02 Å². The molecule has 0 bridgehead atoms. The quantitative estimate of drug-likeness (QED) is 0.853. The van der Waals surface area contributed by atoms with Crippen LogP contribution >= 0.6 is 11.6 Å². The van der Waals surface area contributed by atoms with Gasteiger partial charge < -0.3 is 10.1 Å². The molecule has 0 aliphatic carbocycles. The van der Waals surface area contributed by atoms with Crippen LogP contribution in [0.25, 0.3) is 0 Å². The molecule has 0 aliphatic rings. The number of nitrogens with one attached hydrogen (secondary N) is 1. The summed E-state index contributed by atoms with van der Waals surface area (Å²) in [6.45, 7) is 1.16. The molecule has 0 spiro atoms. The fourth-order valence-corrected chi connectivity index (χ4v) is 2.15. The Morgan fingerprint density at radius 2 is 2.00 bits per heavy atom. The van der Waals surface area contributed by atoms with Gasteiger partial charge >= 0.3 is 0 Å². The van der Waals surface area contributed by atoms with Gasteiger partial charge in [-0.3, -0.25) is 9.59 Å². The number of benzene rings is 2. The zero-order chi connectivity index (χ0) is 16.8. The van der Waals surface area contributed by atoms with Crippen molar-refractivity contribution in [2.75, 3.05) is 11.9 Å². The van der Waals surface area contributed by atoms with Crippen LogP contribution in [0.5, 0.6) is 5.75 Å². The SMILES string of the molecule is CC(=O)c1ccccc1NC(=O)COc1ccc(C#N)cc1Cl. The monoisotopic (exact) mass is 328 g/mol. The van der Waals surface area contributed by atoms with Crippen LogP contribution < -0.4 is 10.1 Å². The minimum Gasteiger partial charge on any atom is -0.482 e. The van der Waals surface area contributed by atoms with Gasteiger partial charge in [0.05, 0.1) is 22.3 Å². The minimum absolute atomic E-state index is 0.142. The molecule has 0 radical (unpaired) electrons. The molecule has 0 aliphatic heterocycles. The molecule has 116 valence electrons. The van der Waals surface area contributed by atoms with Gasteiger partial charge in [-0.15, -0.1) is 0 Å². The fourth-order valence-electron chi connectivity index (χ4n) is 1.92. The average Bonchev–Trinajstić information content (AvgIpc) is 2.54. The van der Waals surface area contributed by atoms with Crippen molar-refractivity contribution in [3.8, 4) is 11.8 Å². The van der Waals surface area contributed by atoms with Crippen molar-refractivity contribution in [3.63, 3.8) is 0 Å². The van der Waals surface area contributed by atoms with Crippen molar-refractivity contribution in [2.24, 2.45) is 0 Å². The number of ketones is 1. The lowest BCUT2D eigenvalue weighted by Gasteiger charge is -2.11. The minimum atomic E-state index is -0.417. The molecular weight excluding hydrogens is 316 g/mol. The molecule has 0 atom stereocenters. The Hall–Kier alpha value is -2.84. The van der Waals surface area contributed by atoms with Gasteiger partial charge in [-0.05, 0) is 37.3 Å². The summed E-state index contributed by atoms with van der Waals surface area (Å²) in [4.78, 5) is 23.5. The van der Waals surface area contributed by atoms with E-state index in [-0.39, 0.29) is 17.4 Å². The molecule has 2 aromatic carbocycles.